The van der Waals surface area contributed by atoms with Crippen LogP contribution in [-0.2, 0) is 9.53 Å². The topological polar surface area (TPSA) is 71.1 Å². The summed E-state index contributed by atoms with van der Waals surface area (Å²) in [6.45, 7) is 3.35. The highest BCUT2D eigenvalue weighted by Gasteiger charge is 2.27. The number of fused-ring (bicyclic) bond motifs is 1. The average Bonchev–Trinajstić information content (AvgIpc) is 2.99. The number of rotatable bonds is 7. The number of ether oxygens (including phenoxy) is 4. The zero-order chi connectivity index (χ0) is 19.2. The number of benzene rings is 2. The Balaban J connectivity index is 1.72. The second kappa shape index (κ2) is 8.23. The van der Waals surface area contributed by atoms with Crippen molar-refractivity contribution in [2.45, 2.75) is 0 Å². The molecule has 2 aromatic carbocycles. The summed E-state index contributed by atoms with van der Waals surface area (Å²) in [5.41, 5.74) is 1.22. The standard InChI is InChI=1S/C21H18O6/c1-3-9-25-20(22)13-26-16-7-8-17-18(12-16)27-19(21(17)23)11-14-5-4-6-15(10-14)24-2/h3-8,10-12H,1,9,13H2,2H3/b19-11-. The summed E-state index contributed by atoms with van der Waals surface area (Å²) in [7, 11) is 1.58. The quantitative estimate of drug-likeness (QED) is 0.425. The third-order valence-electron chi connectivity index (χ3n) is 3.75. The molecule has 138 valence electrons. The predicted molar refractivity (Wildman–Crippen MR) is 99.0 cm³/mol. The molecule has 0 N–H and O–H groups in total. The SMILES string of the molecule is C=CCOC(=O)COc1ccc2c(c1)O/C(=C\c1cccc(OC)c1)C2=O. The first-order chi connectivity index (χ1) is 13.1. The number of hydrogen-bond acceptors (Lipinski definition) is 6. The number of allylic oxidation sites excluding steroid dienone is 1. The van der Waals surface area contributed by atoms with Crippen molar-refractivity contribution in [3.63, 3.8) is 0 Å². The van der Waals surface area contributed by atoms with Crippen LogP contribution in [0.15, 0.2) is 60.9 Å². The Morgan fingerprint density at radius 1 is 1.19 bits per heavy atom. The smallest absolute Gasteiger partial charge is 0.344 e. The zero-order valence-corrected chi connectivity index (χ0v) is 14.8. The van der Waals surface area contributed by atoms with Gasteiger partial charge in [0.15, 0.2) is 12.4 Å². The number of ketones is 1. The van der Waals surface area contributed by atoms with Crippen molar-refractivity contribution in [1.29, 1.82) is 0 Å². The molecule has 1 aliphatic rings. The second-order valence-corrected chi connectivity index (χ2v) is 5.63. The third-order valence-corrected chi connectivity index (χ3v) is 3.75. The van der Waals surface area contributed by atoms with Crippen molar-refractivity contribution >= 4 is 17.8 Å². The van der Waals surface area contributed by atoms with Gasteiger partial charge in [-0.3, -0.25) is 4.79 Å². The van der Waals surface area contributed by atoms with E-state index in [0.717, 1.165) is 5.56 Å². The van der Waals surface area contributed by atoms with Crippen molar-refractivity contribution in [1.82, 2.24) is 0 Å². The molecular formula is C21H18O6. The van der Waals surface area contributed by atoms with Gasteiger partial charge in [0.05, 0.1) is 12.7 Å². The van der Waals surface area contributed by atoms with Crippen molar-refractivity contribution < 1.29 is 28.5 Å². The van der Waals surface area contributed by atoms with Crippen LogP contribution < -0.4 is 14.2 Å². The Kier molecular flexibility index (Phi) is 5.56. The molecular weight excluding hydrogens is 348 g/mol. The highest BCUT2D eigenvalue weighted by molar-refractivity contribution is 6.14. The van der Waals surface area contributed by atoms with E-state index in [4.69, 9.17) is 18.9 Å². The number of esters is 1. The largest absolute Gasteiger partial charge is 0.497 e. The Morgan fingerprint density at radius 2 is 2.04 bits per heavy atom. The Bertz CT molecular complexity index is 913. The molecule has 2 aromatic rings. The van der Waals surface area contributed by atoms with E-state index in [2.05, 4.69) is 6.58 Å². The first-order valence-corrected chi connectivity index (χ1v) is 8.22. The average molecular weight is 366 g/mol. The van der Waals surface area contributed by atoms with Gasteiger partial charge in [-0.1, -0.05) is 24.8 Å². The van der Waals surface area contributed by atoms with Crippen molar-refractivity contribution in [3.8, 4) is 17.2 Å². The first-order valence-electron chi connectivity index (χ1n) is 8.22. The Morgan fingerprint density at radius 3 is 2.81 bits per heavy atom. The number of hydrogen-bond donors (Lipinski definition) is 0. The molecule has 0 radical (unpaired) electrons. The lowest BCUT2D eigenvalue weighted by Gasteiger charge is -2.06. The lowest BCUT2D eigenvalue weighted by Crippen LogP contribution is -2.14. The third kappa shape index (κ3) is 4.36. The van der Waals surface area contributed by atoms with Crippen LogP contribution in [0.25, 0.3) is 6.08 Å². The molecule has 0 aromatic heterocycles. The minimum atomic E-state index is -0.508. The van der Waals surface area contributed by atoms with Crippen LogP contribution >= 0.6 is 0 Å². The van der Waals surface area contributed by atoms with Gasteiger partial charge in [-0.2, -0.15) is 0 Å². The number of Topliss-reactive ketones (excluding diaryl/α,β-unsaturated/α-hetero) is 1. The van der Waals surface area contributed by atoms with Gasteiger partial charge in [0.1, 0.15) is 23.9 Å². The molecule has 0 spiro atoms. The van der Waals surface area contributed by atoms with E-state index in [1.165, 1.54) is 6.08 Å². The lowest BCUT2D eigenvalue weighted by atomic mass is 10.1. The number of carbonyl (C=O) groups excluding carboxylic acids is 2. The van der Waals surface area contributed by atoms with Gasteiger partial charge in [0.25, 0.3) is 0 Å². The molecule has 0 atom stereocenters. The van der Waals surface area contributed by atoms with E-state index in [1.807, 2.05) is 18.2 Å². The van der Waals surface area contributed by atoms with Crippen LogP contribution in [0.5, 0.6) is 17.2 Å². The van der Waals surface area contributed by atoms with Crippen LogP contribution in [-0.4, -0.2) is 32.1 Å². The summed E-state index contributed by atoms with van der Waals surface area (Å²) in [4.78, 5) is 24.0. The van der Waals surface area contributed by atoms with Crippen molar-refractivity contribution in [2.24, 2.45) is 0 Å². The molecule has 3 rings (SSSR count). The molecule has 0 unspecified atom stereocenters. The minimum Gasteiger partial charge on any atom is -0.497 e. The fourth-order valence-electron chi connectivity index (χ4n) is 2.48. The number of carbonyl (C=O) groups is 2. The summed E-state index contributed by atoms with van der Waals surface area (Å²) < 4.78 is 21.1. The first kappa shape index (κ1) is 18.3. The molecule has 0 amide bonds. The summed E-state index contributed by atoms with van der Waals surface area (Å²) in [6.07, 6.45) is 3.13. The highest BCUT2D eigenvalue weighted by Crippen LogP contribution is 2.35. The molecule has 1 aliphatic heterocycles. The van der Waals surface area contributed by atoms with E-state index in [0.29, 0.717) is 22.8 Å². The molecule has 6 nitrogen and oxygen atoms in total. The van der Waals surface area contributed by atoms with Crippen molar-refractivity contribution in [3.05, 3.63) is 72.0 Å². The predicted octanol–water partition coefficient (Wildman–Crippen LogP) is 3.42. The molecule has 0 saturated carbocycles. The molecule has 27 heavy (non-hydrogen) atoms. The summed E-state index contributed by atoms with van der Waals surface area (Å²) in [6, 6.07) is 12.1. The van der Waals surface area contributed by atoms with Crippen LogP contribution in [0.2, 0.25) is 0 Å². The van der Waals surface area contributed by atoms with Gasteiger partial charge in [0.2, 0.25) is 5.78 Å². The monoisotopic (exact) mass is 366 g/mol. The highest BCUT2D eigenvalue weighted by atomic mass is 16.6. The fraction of sp³-hybridized carbons (Fsp3) is 0.143. The van der Waals surface area contributed by atoms with Gasteiger partial charge in [-0.05, 0) is 35.9 Å². The maximum atomic E-state index is 12.5. The minimum absolute atomic E-state index is 0.127. The maximum absolute atomic E-state index is 12.5. The fourth-order valence-corrected chi connectivity index (χ4v) is 2.48. The van der Waals surface area contributed by atoms with Gasteiger partial charge in [-0.15, -0.1) is 0 Å². The molecule has 0 saturated heterocycles. The number of methoxy groups -OCH3 is 1. The van der Waals surface area contributed by atoms with Crippen molar-refractivity contribution in [2.75, 3.05) is 20.3 Å². The summed E-state index contributed by atoms with van der Waals surface area (Å²) in [5.74, 6) is 0.953. The van der Waals surface area contributed by atoms with Gasteiger partial charge in [0, 0.05) is 6.07 Å². The Labute approximate surface area is 156 Å². The van der Waals surface area contributed by atoms with E-state index in [-0.39, 0.29) is 24.8 Å². The van der Waals surface area contributed by atoms with E-state index in [9.17, 15) is 9.59 Å². The van der Waals surface area contributed by atoms with E-state index < -0.39 is 5.97 Å². The summed E-state index contributed by atoms with van der Waals surface area (Å²) >= 11 is 0. The second-order valence-electron chi connectivity index (χ2n) is 5.63. The molecule has 0 bridgehead atoms. The van der Waals surface area contributed by atoms with E-state index in [1.54, 1.807) is 37.5 Å². The van der Waals surface area contributed by atoms with Gasteiger partial charge in [-0.25, -0.2) is 4.79 Å². The summed E-state index contributed by atoms with van der Waals surface area (Å²) in [5, 5.41) is 0. The maximum Gasteiger partial charge on any atom is 0.344 e. The van der Waals surface area contributed by atoms with Crippen LogP contribution in [0, 0.1) is 0 Å². The molecule has 0 aliphatic carbocycles. The van der Waals surface area contributed by atoms with E-state index >= 15 is 0 Å². The normalized spacial score (nSPS) is 13.7. The lowest BCUT2D eigenvalue weighted by molar-refractivity contribution is -0.144. The van der Waals surface area contributed by atoms with Crippen LogP contribution in [0.4, 0.5) is 0 Å². The zero-order valence-electron chi connectivity index (χ0n) is 14.8. The van der Waals surface area contributed by atoms with Crippen LogP contribution in [0.1, 0.15) is 15.9 Å². The molecule has 1 heterocycles. The van der Waals surface area contributed by atoms with Crippen LogP contribution in [0.3, 0.4) is 0 Å². The van der Waals surface area contributed by atoms with Gasteiger partial charge < -0.3 is 18.9 Å². The molecule has 0 fully saturated rings. The Hall–Kier alpha value is -3.54. The van der Waals surface area contributed by atoms with Gasteiger partial charge >= 0.3 is 5.97 Å². The molecule has 6 heteroatoms.